The molecule has 0 saturated carbocycles. The number of carboxylic acid groups (broad SMARTS) is 1. The Morgan fingerprint density at radius 2 is 2.08 bits per heavy atom. The Kier molecular flexibility index (Phi) is 6.80. The van der Waals surface area contributed by atoms with Crippen molar-refractivity contribution in [1.29, 1.82) is 0 Å². The van der Waals surface area contributed by atoms with Crippen LogP contribution in [0.25, 0.3) is 0 Å². The molecule has 0 aromatic heterocycles. The van der Waals surface area contributed by atoms with Crippen LogP contribution in [-0.4, -0.2) is 30.3 Å². The SMILES string of the molecule is CCC(N)C(=O)O.O=[PH]1OCCO1. The van der Waals surface area contributed by atoms with Gasteiger partial charge in [-0.1, -0.05) is 6.92 Å². The van der Waals surface area contributed by atoms with Gasteiger partial charge >= 0.3 is 14.2 Å². The number of nitrogens with two attached hydrogens (primary N) is 1. The van der Waals surface area contributed by atoms with Gasteiger partial charge in [-0.25, -0.2) is 0 Å². The van der Waals surface area contributed by atoms with E-state index >= 15 is 0 Å². The molecule has 0 bridgehead atoms. The Morgan fingerprint density at radius 1 is 1.62 bits per heavy atom. The highest BCUT2D eigenvalue weighted by atomic mass is 31.1. The van der Waals surface area contributed by atoms with Crippen LogP contribution in [0.2, 0.25) is 0 Å². The van der Waals surface area contributed by atoms with Gasteiger partial charge in [0.25, 0.3) is 0 Å². The maximum atomic E-state index is 9.98. The van der Waals surface area contributed by atoms with E-state index < -0.39 is 20.3 Å². The zero-order valence-electron chi connectivity index (χ0n) is 7.36. The molecule has 0 amide bonds. The topological polar surface area (TPSA) is 98.9 Å². The lowest BCUT2D eigenvalue weighted by atomic mass is 10.2. The van der Waals surface area contributed by atoms with Gasteiger partial charge in [0.15, 0.2) is 0 Å². The van der Waals surface area contributed by atoms with Gasteiger partial charge in [-0.15, -0.1) is 0 Å². The smallest absolute Gasteiger partial charge is 0.320 e. The molecule has 0 radical (unpaired) electrons. The molecule has 3 N–H and O–H groups in total. The maximum absolute atomic E-state index is 9.98. The molecule has 0 spiro atoms. The summed E-state index contributed by atoms with van der Waals surface area (Å²) in [5.74, 6) is -0.928. The van der Waals surface area contributed by atoms with Crippen LogP contribution in [0.3, 0.4) is 0 Å². The number of rotatable bonds is 2. The van der Waals surface area contributed by atoms with E-state index in [1.54, 1.807) is 6.92 Å². The second kappa shape index (κ2) is 7.03. The molecular weight excluding hydrogens is 197 g/mol. The average molecular weight is 211 g/mol. The summed E-state index contributed by atoms with van der Waals surface area (Å²) in [6.07, 6.45) is 0.495. The van der Waals surface area contributed by atoms with Crippen LogP contribution in [0, 0.1) is 0 Å². The van der Waals surface area contributed by atoms with E-state index in [9.17, 15) is 9.36 Å². The van der Waals surface area contributed by atoms with Crippen molar-refractivity contribution >= 4 is 14.2 Å². The molecule has 6 nitrogen and oxygen atoms in total. The third-order valence-corrected chi connectivity index (χ3v) is 2.16. The fourth-order valence-corrected chi connectivity index (χ4v) is 1.05. The lowest BCUT2D eigenvalue weighted by Gasteiger charge is -1.97. The molecule has 1 aliphatic rings. The molecule has 1 atom stereocenters. The van der Waals surface area contributed by atoms with Gasteiger partial charge in [0.05, 0.1) is 13.2 Å². The van der Waals surface area contributed by atoms with E-state index in [1.165, 1.54) is 0 Å². The van der Waals surface area contributed by atoms with E-state index in [2.05, 4.69) is 9.05 Å². The molecule has 0 aromatic rings. The zero-order chi connectivity index (χ0) is 10.3. The minimum atomic E-state index is -2.01. The molecule has 1 unspecified atom stereocenters. The molecular formula is C6H14NO5P. The first-order chi connectivity index (χ1) is 6.07. The maximum Gasteiger partial charge on any atom is 0.320 e. The highest BCUT2D eigenvalue weighted by Gasteiger charge is 2.06. The van der Waals surface area contributed by atoms with Crippen molar-refractivity contribution in [2.75, 3.05) is 13.2 Å². The molecule has 1 saturated heterocycles. The van der Waals surface area contributed by atoms with Crippen molar-refractivity contribution in [3.8, 4) is 0 Å². The van der Waals surface area contributed by atoms with Crippen molar-refractivity contribution in [3.63, 3.8) is 0 Å². The van der Waals surface area contributed by atoms with Gasteiger partial charge in [-0.2, -0.15) is 0 Å². The summed E-state index contributed by atoms with van der Waals surface area (Å²) in [7, 11) is -2.01. The summed E-state index contributed by atoms with van der Waals surface area (Å²) >= 11 is 0. The quantitative estimate of drug-likeness (QED) is 0.634. The number of hydrogen-bond acceptors (Lipinski definition) is 5. The van der Waals surface area contributed by atoms with E-state index in [0.717, 1.165) is 0 Å². The minimum Gasteiger partial charge on any atom is -0.480 e. The van der Waals surface area contributed by atoms with E-state index in [0.29, 0.717) is 19.6 Å². The van der Waals surface area contributed by atoms with Crippen LogP contribution < -0.4 is 5.73 Å². The van der Waals surface area contributed by atoms with Gasteiger partial charge in [0.2, 0.25) is 0 Å². The average Bonchev–Trinajstić information content (AvgIpc) is 2.55. The second-order valence-corrected chi connectivity index (χ2v) is 3.38. The summed E-state index contributed by atoms with van der Waals surface area (Å²) in [4.78, 5) is 9.81. The first kappa shape index (κ1) is 12.6. The van der Waals surface area contributed by atoms with Crippen LogP contribution >= 0.6 is 8.25 Å². The predicted octanol–water partition coefficient (Wildman–Crippen LogP) is 0.231. The van der Waals surface area contributed by atoms with Crippen molar-refractivity contribution in [2.24, 2.45) is 5.73 Å². The van der Waals surface area contributed by atoms with E-state index in [-0.39, 0.29) is 0 Å². The molecule has 13 heavy (non-hydrogen) atoms. The molecule has 1 fully saturated rings. The Labute approximate surface area is 77.0 Å². The summed E-state index contributed by atoms with van der Waals surface area (Å²) in [6.45, 7) is 2.73. The monoisotopic (exact) mass is 211 g/mol. The van der Waals surface area contributed by atoms with Gasteiger partial charge in [-0.3, -0.25) is 9.36 Å². The minimum absolute atomic E-state index is 0.495. The molecule has 78 valence electrons. The number of aliphatic carboxylic acids is 1. The van der Waals surface area contributed by atoms with E-state index in [4.69, 9.17) is 10.8 Å². The van der Waals surface area contributed by atoms with Gasteiger partial charge in [0, 0.05) is 0 Å². The summed E-state index contributed by atoms with van der Waals surface area (Å²) in [6, 6.07) is -0.681. The predicted molar refractivity (Wildman–Crippen MR) is 46.8 cm³/mol. The molecule has 1 rings (SSSR count). The van der Waals surface area contributed by atoms with Crippen LogP contribution in [0.1, 0.15) is 13.3 Å². The standard InChI is InChI=1S/C4H9NO2.C2H5O3P/c1-2-3(5)4(6)7;3-6-4-1-2-5-6/h3H,2,5H2,1H3,(H,6,7);6H,1-2H2. The van der Waals surface area contributed by atoms with Crippen molar-refractivity contribution < 1.29 is 23.5 Å². The molecule has 1 heterocycles. The largest absolute Gasteiger partial charge is 0.480 e. The Balaban J connectivity index is 0.000000223. The van der Waals surface area contributed by atoms with Crippen LogP contribution in [0.5, 0.6) is 0 Å². The van der Waals surface area contributed by atoms with Gasteiger partial charge < -0.3 is 19.9 Å². The molecule has 0 aliphatic carbocycles. The summed E-state index contributed by atoms with van der Waals surface area (Å²) < 4.78 is 18.9. The Bertz CT molecular complexity index is 178. The Morgan fingerprint density at radius 3 is 2.15 bits per heavy atom. The fourth-order valence-electron chi connectivity index (χ4n) is 0.466. The highest BCUT2D eigenvalue weighted by Crippen LogP contribution is 2.27. The van der Waals surface area contributed by atoms with Crippen molar-refractivity contribution in [3.05, 3.63) is 0 Å². The van der Waals surface area contributed by atoms with Crippen molar-refractivity contribution in [2.45, 2.75) is 19.4 Å². The van der Waals surface area contributed by atoms with Gasteiger partial charge in [0.1, 0.15) is 6.04 Å². The lowest BCUT2D eigenvalue weighted by Crippen LogP contribution is -2.28. The lowest BCUT2D eigenvalue weighted by molar-refractivity contribution is -0.138. The highest BCUT2D eigenvalue weighted by molar-refractivity contribution is 7.33. The molecule has 7 heteroatoms. The van der Waals surface area contributed by atoms with Crippen LogP contribution in [0.4, 0.5) is 0 Å². The molecule has 0 aromatic carbocycles. The normalized spacial score (nSPS) is 18.9. The third kappa shape index (κ3) is 6.72. The molecule has 1 aliphatic heterocycles. The van der Waals surface area contributed by atoms with Crippen LogP contribution in [-0.2, 0) is 18.4 Å². The first-order valence-electron chi connectivity index (χ1n) is 3.85. The second-order valence-electron chi connectivity index (χ2n) is 2.30. The third-order valence-electron chi connectivity index (χ3n) is 1.28. The number of hydrogen-bond donors (Lipinski definition) is 2. The fraction of sp³-hybridized carbons (Fsp3) is 0.833. The van der Waals surface area contributed by atoms with Crippen molar-refractivity contribution in [1.82, 2.24) is 0 Å². The number of carbonyl (C=O) groups is 1. The zero-order valence-corrected chi connectivity index (χ0v) is 8.36. The van der Waals surface area contributed by atoms with Gasteiger partial charge in [-0.05, 0) is 6.42 Å². The summed E-state index contributed by atoms with van der Waals surface area (Å²) in [5.41, 5.74) is 5.02. The first-order valence-corrected chi connectivity index (χ1v) is 5.08. The number of carboxylic acids is 1. The van der Waals surface area contributed by atoms with E-state index in [1.807, 2.05) is 0 Å². The summed E-state index contributed by atoms with van der Waals surface area (Å²) in [5, 5.41) is 8.06. The van der Waals surface area contributed by atoms with Crippen LogP contribution in [0.15, 0.2) is 0 Å². The Hall–Kier alpha value is -0.420.